The number of ether oxygens (including phenoxy) is 1. The largest absolute Gasteiger partial charge is 0.489 e. The van der Waals surface area contributed by atoms with Gasteiger partial charge >= 0.3 is 0 Å². The number of benzene rings is 2. The molecule has 0 saturated carbocycles. The maximum atomic E-state index is 13.1. The third-order valence-electron chi connectivity index (χ3n) is 5.01. The molecule has 2 aromatic rings. The molecule has 3 rings (SSSR count). The number of amides is 1. The fraction of sp³-hybridized carbons (Fsp3) is 0.304. The fourth-order valence-corrected chi connectivity index (χ4v) is 3.68. The summed E-state index contributed by atoms with van der Waals surface area (Å²) in [7, 11) is 0. The lowest BCUT2D eigenvalue weighted by molar-refractivity contribution is -0.127. The SMILES string of the molecule is CCN(CC)C(=O)C1=C(C)NC(=S)N[C@H]1c1ccc(OCc2ccccc2)cc1. The topological polar surface area (TPSA) is 53.6 Å². The highest BCUT2D eigenvalue weighted by molar-refractivity contribution is 7.80. The lowest BCUT2D eigenvalue weighted by atomic mass is 9.94. The highest BCUT2D eigenvalue weighted by Crippen LogP contribution is 2.29. The van der Waals surface area contributed by atoms with Crippen LogP contribution in [0.1, 0.15) is 37.9 Å². The maximum Gasteiger partial charge on any atom is 0.253 e. The second-order valence-electron chi connectivity index (χ2n) is 6.89. The first-order valence-electron chi connectivity index (χ1n) is 9.87. The number of carbonyl (C=O) groups is 1. The third-order valence-corrected chi connectivity index (χ3v) is 5.23. The van der Waals surface area contributed by atoms with Crippen molar-refractivity contribution in [1.82, 2.24) is 15.5 Å². The Morgan fingerprint density at radius 1 is 1.07 bits per heavy atom. The van der Waals surface area contributed by atoms with Crippen molar-refractivity contribution in [3.8, 4) is 5.75 Å². The Bertz CT molecular complexity index is 890. The van der Waals surface area contributed by atoms with Crippen LogP contribution < -0.4 is 15.4 Å². The molecule has 6 heteroatoms. The summed E-state index contributed by atoms with van der Waals surface area (Å²) in [5, 5.41) is 6.86. The number of carbonyl (C=O) groups excluding carboxylic acids is 1. The molecule has 1 heterocycles. The van der Waals surface area contributed by atoms with Gasteiger partial charge in [0.25, 0.3) is 5.91 Å². The first kappa shape index (κ1) is 20.9. The van der Waals surface area contributed by atoms with Crippen LogP contribution in [0, 0.1) is 0 Å². The summed E-state index contributed by atoms with van der Waals surface area (Å²) < 4.78 is 5.88. The molecule has 0 radical (unpaired) electrons. The standard InChI is InChI=1S/C23H27N3O2S/c1-4-26(5-2)22(27)20-16(3)24-23(29)25-21(20)18-11-13-19(14-12-18)28-15-17-9-7-6-8-10-17/h6-14,21H,4-5,15H2,1-3H3,(H2,24,25,29)/t21-/m0/s1. The van der Waals surface area contributed by atoms with Crippen LogP contribution in [0.5, 0.6) is 5.75 Å². The Labute approximate surface area is 177 Å². The summed E-state index contributed by atoms with van der Waals surface area (Å²) in [6.07, 6.45) is 0. The Morgan fingerprint density at radius 3 is 2.34 bits per heavy atom. The molecule has 1 amide bonds. The van der Waals surface area contributed by atoms with Crippen molar-refractivity contribution in [3.63, 3.8) is 0 Å². The summed E-state index contributed by atoms with van der Waals surface area (Å²) in [5.41, 5.74) is 3.57. The van der Waals surface area contributed by atoms with Gasteiger partial charge in [-0.2, -0.15) is 0 Å². The molecule has 0 fully saturated rings. The zero-order valence-electron chi connectivity index (χ0n) is 17.1. The average Bonchev–Trinajstić information content (AvgIpc) is 2.73. The summed E-state index contributed by atoms with van der Waals surface area (Å²) >= 11 is 5.34. The molecule has 0 bridgehead atoms. The highest BCUT2D eigenvalue weighted by Gasteiger charge is 2.31. The molecule has 2 N–H and O–H groups in total. The molecular formula is C23H27N3O2S. The monoisotopic (exact) mass is 409 g/mol. The van der Waals surface area contributed by atoms with Crippen LogP contribution in [0.2, 0.25) is 0 Å². The Morgan fingerprint density at radius 2 is 1.72 bits per heavy atom. The van der Waals surface area contributed by atoms with Crippen LogP contribution >= 0.6 is 12.2 Å². The lowest BCUT2D eigenvalue weighted by Gasteiger charge is -2.33. The molecule has 152 valence electrons. The van der Waals surface area contributed by atoms with Crippen molar-refractivity contribution in [2.75, 3.05) is 13.1 Å². The molecule has 1 aliphatic rings. The van der Waals surface area contributed by atoms with Gasteiger partial charge in [-0.3, -0.25) is 4.79 Å². The minimum absolute atomic E-state index is 0.0180. The Hall–Kier alpha value is -2.86. The van der Waals surface area contributed by atoms with Gasteiger partial charge in [-0.25, -0.2) is 0 Å². The van der Waals surface area contributed by atoms with Crippen LogP contribution in [0.25, 0.3) is 0 Å². The molecule has 1 aliphatic heterocycles. The molecular weight excluding hydrogens is 382 g/mol. The van der Waals surface area contributed by atoms with Gasteiger partial charge in [-0.15, -0.1) is 0 Å². The number of nitrogens with zero attached hydrogens (tertiary/aromatic N) is 1. The lowest BCUT2D eigenvalue weighted by Crippen LogP contribution is -2.47. The first-order valence-corrected chi connectivity index (χ1v) is 10.3. The van der Waals surface area contributed by atoms with Gasteiger partial charge in [0.05, 0.1) is 11.6 Å². The van der Waals surface area contributed by atoms with Gasteiger partial charge in [0, 0.05) is 18.8 Å². The van der Waals surface area contributed by atoms with E-state index in [0.29, 0.717) is 30.4 Å². The van der Waals surface area contributed by atoms with E-state index in [4.69, 9.17) is 17.0 Å². The molecule has 1 atom stereocenters. The van der Waals surface area contributed by atoms with Gasteiger partial charge in [0.2, 0.25) is 0 Å². The second-order valence-corrected chi connectivity index (χ2v) is 7.30. The quantitative estimate of drug-likeness (QED) is 0.679. The summed E-state index contributed by atoms with van der Waals surface area (Å²) in [6, 6.07) is 17.6. The predicted molar refractivity (Wildman–Crippen MR) is 119 cm³/mol. The van der Waals surface area contributed by atoms with E-state index in [1.54, 1.807) is 0 Å². The van der Waals surface area contributed by atoms with Crippen molar-refractivity contribution in [1.29, 1.82) is 0 Å². The summed E-state index contributed by atoms with van der Waals surface area (Å²) in [6.45, 7) is 7.71. The summed E-state index contributed by atoms with van der Waals surface area (Å²) in [5.74, 6) is 0.802. The van der Waals surface area contributed by atoms with E-state index in [2.05, 4.69) is 10.6 Å². The number of likely N-dealkylation sites (N-methyl/N-ethyl adjacent to an activating group) is 1. The van der Waals surface area contributed by atoms with Gasteiger partial charge < -0.3 is 20.3 Å². The molecule has 29 heavy (non-hydrogen) atoms. The van der Waals surface area contributed by atoms with Gasteiger partial charge in [0.1, 0.15) is 12.4 Å². The number of rotatable bonds is 7. The zero-order chi connectivity index (χ0) is 20.8. The Balaban J connectivity index is 1.80. The number of hydrogen-bond donors (Lipinski definition) is 2. The maximum absolute atomic E-state index is 13.1. The van der Waals surface area contributed by atoms with Crippen molar-refractivity contribution in [2.45, 2.75) is 33.4 Å². The zero-order valence-corrected chi connectivity index (χ0v) is 17.9. The van der Waals surface area contributed by atoms with E-state index < -0.39 is 0 Å². The van der Waals surface area contributed by atoms with Crippen molar-refractivity contribution < 1.29 is 9.53 Å². The van der Waals surface area contributed by atoms with E-state index in [0.717, 1.165) is 22.6 Å². The predicted octanol–water partition coefficient (Wildman–Crippen LogP) is 3.93. The van der Waals surface area contributed by atoms with E-state index in [1.165, 1.54) is 0 Å². The van der Waals surface area contributed by atoms with Crippen molar-refractivity contribution >= 4 is 23.2 Å². The molecule has 0 saturated heterocycles. The first-order chi connectivity index (χ1) is 14.0. The van der Waals surface area contributed by atoms with E-state index in [1.807, 2.05) is 80.3 Å². The normalized spacial score (nSPS) is 16.1. The minimum Gasteiger partial charge on any atom is -0.489 e. The molecule has 0 spiro atoms. The van der Waals surface area contributed by atoms with Crippen LogP contribution in [0.4, 0.5) is 0 Å². The van der Waals surface area contributed by atoms with Gasteiger partial charge in [-0.1, -0.05) is 42.5 Å². The van der Waals surface area contributed by atoms with Crippen LogP contribution in [-0.2, 0) is 11.4 Å². The fourth-order valence-electron chi connectivity index (χ4n) is 3.41. The molecule has 0 aromatic heterocycles. The Kier molecular flexibility index (Phi) is 6.88. The molecule has 5 nitrogen and oxygen atoms in total. The van der Waals surface area contributed by atoms with E-state index >= 15 is 0 Å². The number of nitrogens with one attached hydrogen (secondary N) is 2. The highest BCUT2D eigenvalue weighted by atomic mass is 32.1. The molecule has 0 aliphatic carbocycles. The van der Waals surface area contributed by atoms with Gasteiger partial charge in [0.15, 0.2) is 5.11 Å². The number of thiocarbonyl (C=S) groups is 1. The average molecular weight is 410 g/mol. The van der Waals surface area contributed by atoms with Crippen LogP contribution in [0.3, 0.4) is 0 Å². The van der Waals surface area contributed by atoms with Crippen molar-refractivity contribution in [2.24, 2.45) is 0 Å². The van der Waals surface area contributed by atoms with E-state index in [-0.39, 0.29) is 11.9 Å². The second kappa shape index (κ2) is 9.56. The molecule has 0 unspecified atom stereocenters. The number of hydrogen-bond acceptors (Lipinski definition) is 3. The van der Waals surface area contributed by atoms with Crippen LogP contribution in [-0.4, -0.2) is 29.0 Å². The van der Waals surface area contributed by atoms with E-state index in [9.17, 15) is 4.79 Å². The smallest absolute Gasteiger partial charge is 0.253 e. The number of allylic oxidation sites excluding steroid dienone is 1. The van der Waals surface area contributed by atoms with Crippen molar-refractivity contribution in [3.05, 3.63) is 77.0 Å². The summed E-state index contributed by atoms with van der Waals surface area (Å²) in [4.78, 5) is 14.9. The molecule has 2 aromatic carbocycles. The third kappa shape index (κ3) is 4.95. The minimum atomic E-state index is -0.292. The van der Waals surface area contributed by atoms with Crippen LogP contribution in [0.15, 0.2) is 65.9 Å². The van der Waals surface area contributed by atoms with Gasteiger partial charge in [-0.05, 0) is 56.2 Å².